The first-order valence-electron chi connectivity index (χ1n) is 6.74. The summed E-state index contributed by atoms with van der Waals surface area (Å²) in [7, 11) is -3.49. The molecule has 0 unspecified atom stereocenters. The normalized spacial score (nSPS) is 12.5. The topological polar surface area (TPSA) is 47.0 Å². The molecule has 1 aromatic carbocycles. The molecule has 110 valence electrons. The van der Waals surface area contributed by atoms with E-state index in [0.717, 1.165) is 16.7 Å². The van der Waals surface area contributed by atoms with Crippen molar-refractivity contribution in [3.05, 3.63) is 64.3 Å². The lowest BCUT2D eigenvalue weighted by atomic mass is 10.1. The fourth-order valence-electron chi connectivity index (χ4n) is 2.56. The quantitative estimate of drug-likeness (QED) is 0.865. The van der Waals surface area contributed by atoms with Gasteiger partial charge in [0.05, 0.1) is 10.6 Å². The molecular formula is C17H19NO2S. The van der Waals surface area contributed by atoms with Crippen LogP contribution in [-0.2, 0) is 9.84 Å². The molecule has 0 spiro atoms. The molecule has 0 saturated heterocycles. The van der Waals surface area contributed by atoms with Gasteiger partial charge in [-0.05, 0) is 56.5 Å². The fourth-order valence-corrected chi connectivity index (χ4v) is 4.28. The van der Waals surface area contributed by atoms with Crippen molar-refractivity contribution < 1.29 is 8.42 Å². The first kappa shape index (κ1) is 15.4. The number of pyridine rings is 1. The molecule has 2 aromatic rings. The predicted octanol–water partition coefficient (Wildman–Crippen LogP) is 3.84. The molecule has 0 radical (unpaired) electrons. The van der Waals surface area contributed by atoms with Crippen LogP contribution in [0.15, 0.2) is 46.8 Å². The summed E-state index contributed by atoms with van der Waals surface area (Å²) >= 11 is 0. The van der Waals surface area contributed by atoms with Gasteiger partial charge < -0.3 is 0 Å². The molecular weight excluding hydrogens is 282 g/mol. The molecule has 4 heteroatoms. The molecule has 1 aromatic heterocycles. The zero-order valence-electron chi connectivity index (χ0n) is 12.7. The second kappa shape index (κ2) is 5.82. The minimum atomic E-state index is -3.49. The van der Waals surface area contributed by atoms with Crippen molar-refractivity contribution in [1.82, 2.24) is 4.98 Å². The molecule has 0 bridgehead atoms. The maximum Gasteiger partial charge on any atom is 0.200 e. The summed E-state index contributed by atoms with van der Waals surface area (Å²) in [6.45, 7) is 7.39. The molecule has 0 fully saturated rings. The van der Waals surface area contributed by atoms with Crippen LogP contribution in [-0.4, -0.2) is 13.4 Å². The zero-order chi connectivity index (χ0) is 15.6. The van der Waals surface area contributed by atoms with Crippen molar-refractivity contribution in [3.8, 4) is 0 Å². The van der Waals surface area contributed by atoms with Gasteiger partial charge in [0, 0.05) is 11.6 Å². The fraction of sp³-hybridized carbons (Fsp3) is 0.235. The highest BCUT2D eigenvalue weighted by molar-refractivity contribution is 7.94. The SMILES string of the molecule is C/C(=C/S(=O)(=O)c1c(C)cc(C)cc1C)c1ccccn1. The number of hydrogen-bond acceptors (Lipinski definition) is 3. The first-order chi connectivity index (χ1) is 9.81. The van der Waals surface area contributed by atoms with Gasteiger partial charge in [0.25, 0.3) is 0 Å². The van der Waals surface area contributed by atoms with Crippen LogP contribution in [0.5, 0.6) is 0 Å². The third-order valence-corrected chi connectivity index (χ3v) is 5.17. The van der Waals surface area contributed by atoms with Gasteiger partial charge in [0.2, 0.25) is 9.84 Å². The average molecular weight is 301 g/mol. The van der Waals surface area contributed by atoms with E-state index in [9.17, 15) is 8.42 Å². The summed E-state index contributed by atoms with van der Waals surface area (Å²) in [6.07, 6.45) is 1.65. The Labute approximate surface area is 126 Å². The monoisotopic (exact) mass is 301 g/mol. The van der Waals surface area contributed by atoms with Gasteiger partial charge in [-0.2, -0.15) is 0 Å². The van der Waals surface area contributed by atoms with Crippen molar-refractivity contribution in [2.75, 3.05) is 0 Å². The molecule has 0 N–H and O–H groups in total. The van der Waals surface area contributed by atoms with Gasteiger partial charge in [0.15, 0.2) is 0 Å². The summed E-state index contributed by atoms with van der Waals surface area (Å²) < 4.78 is 25.3. The predicted molar refractivity (Wildman–Crippen MR) is 85.7 cm³/mol. The van der Waals surface area contributed by atoms with Crippen LogP contribution < -0.4 is 0 Å². The summed E-state index contributed by atoms with van der Waals surface area (Å²) in [4.78, 5) is 4.57. The summed E-state index contributed by atoms with van der Waals surface area (Å²) in [5.74, 6) is 0. The van der Waals surface area contributed by atoms with E-state index in [-0.39, 0.29) is 0 Å². The van der Waals surface area contributed by atoms with Gasteiger partial charge in [0.1, 0.15) is 0 Å². The van der Waals surface area contributed by atoms with Crippen LogP contribution in [0.3, 0.4) is 0 Å². The second-order valence-electron chi connectivity index (χ2n) is 5.29. The zero-order valence-corrected chi connectivity index (χ0v) is 13.5. The van der Waals surface area contributed by atoms with Crippen molar-refractivity contribution in [2.45, 2.75) is 32.6 Å². The Bertz CT molecular complexity index is 768. The maximum atomic E-state index is 12.7. The number of rotatable bonds is 3. The number of benzene rings is 1. The van der Waals surface area contributed by atoms with Crippen LogP contribution in [0.4, 0.5) is 0 Å². The highest BCUT2D eigenvalue weighted by Gasteiger charge is 2.18. The lowest BCUT2D eigenvalue weighted by molar-refractivity contribution is 0.603. The van der Waals surface area contributed by atoms with Gasteiger partial charge >= 0.3 is 0 Å². The van der Waals surface area contributed by atoms with E-state index in [1.54, 1.807) is 25.3 Å². The molecule has 3 nitrogen and oxygen atoms in total. The third kappa shape index (κ3) is 3.39. The average Bonchev–Trinajstić information content (AvgIpc) is 2.37. The van der Waals surface area contributed by atoms with Crippen molar-refractivity contribution in [2.24, 2.45) is 0 Å². The van der Waals surface area contributed by atoms with Crippen LogP contribution in [0, 0.1) is 20.8 Å². The Morgan fingerprint density at radius 2 is 1.71 bits per heavy atom. The van der Waals surface area contributed by atoms with E-state index < -0.39 is 9.84 Å². The molecule has 0 aliphatic rings. The van der Waals surface area contributed by atoms with Crippen LogP contribution in [0.25, 0.3) is 5.57 Å². The Morgan fingerprint density at radius 3 is 2.24 bits per heavy atom. The number of hydrogen-bond donors (Lipinski definition) is 0. The van der Waals surface area contributed by atoms with Crippen LogP contribution in [0.2, 0.25) is 0 Å². The van der Waals surface area contributed by atoms with E-state index in [2.05, 4.69) is 4.98 Å². The number of sulfone groups is 1. The molecule has 0 saturated carbocycles. The lowest BCUT2D eigenvalue weighted by Gasteiger charge is -2.10. The van der Waals surface area contributed by atoms with E-state index in [0.29, 0.717) is 16.2 Å². The van der Waals surface area contributed by atoms with E-state index in [4.69, 9.17) is 0 Å². The van der Waals surface area contributed by atoms with Gasteiger partial charge in [-0.15, -0.1) is 0 Å². The van der Waals surface area contributed by atoms with Crippen LogP contribution >= 0.6 is 0 Å². The van der Waals surface area contributed by atoms with Crippen molar-refractivity contribution in [3.63, 3.8) is 0 Å². The van der Waals surface area contributed by atoms with E-state index in [1.807, 2.05) is 39.0 Å². The number of aryl methyl sites for hydroxylation is 3. The first-order valence-corrected chi connectivity index (χ1v) is 8.28. The Balaban J connectivity index is 2.54. The third-order valence-electron chi connectivity index (χ3n) is 3.29. The number of nitrogens with zero attached hydrogens (tertiary/aromatic N) is 1. The number of allylic oxidation sites excluding steroid dienone is 1. The standard InChI is InChI=1S/C17H19NO2S/c1-12-9-13(2)17(14(3)10-12)21(19,20)11-15(4)16-7-5-6-8-18-16/h5-11H,1-4H3/b15-11-. The molecule has 1 heterocycles. The Morgan fingerprint density at radius 1 is 1.10 bits per heavy atom. The molecule has 0 amide bonds. The largest absolute Gasteiger partial charge is 0.257 e. The van der Waals surface area contributed by atoms with Gasteiger partial charge in [-0.25, -0.2) is 8.42 Å². The maximum absolute atomic E-state index is 12.7. The minimum Gasteiger partial charge on any atom is -0.257 e. The van der Waals surface area contributed by atoms with Gasteiger partial charge in [-0.1, -0.05) is 23.8 Å². The van der Waals surface area contributed by atoms with Gasteiger partial charge in [-0.3, -0.25) is 4.98 Å². The minimum absolute atomic E-state index is 0.392. The Hall–Kier alpha value is -1.94. The highest BCUT2D eigenvalue weighted by Crippen LogP contribution is 2.25. The number of aromatic nitrogens is 1. The molecule has 0 aliphatic carbocycles. The molecule has 0 aliphatic heterocycles. The van der Waals surface area contributed by atoms with Crippen molar-refractivity contribution >= 4 is 15.4 Å². The summed E-state index contributed by atoms with van der Waals surface area (Å²) in [5.41, 5.74) is 3.92. The second-order valence-corrected chi connectivity index (χ2v) is 7.02. The highest BCUT2D eigenvalue weighted by atomic mass is 32.2. The lowest BCUT2D eigenvalue weighted by Crippen LogP contribution is -2.04. The van der Waals surface area contributed by atoms with E-state index >= 15 is 0 Å². The Kier molecular flexibility index (Phi) is 4.28. The summed E-state index contributed by atoms with van der Waals surface area (Å²) in [5, 5.41) is 1.31. The van der Waals surface area contributed by atoms with Crippen molar-refractivity contribution in [1.29, 1.82) is 0 Å². The van der Waals surface area contributed by atoms with Crippen LogP contribution in [0.1, 0.15) is 29.3 Å². The molecule has 2 rings (SSSR count). The molecule has 0 atom stereocenters. The molecule has 21 heavy (non-hydrogen) atoms. The van der Waals surface area contributed by atoms with E-state index in [1.165, 1.54) is 5.41 Å². The summed E-state index contributed by atoms with van der Waals surface area (Å²) in [6, 6.07) is 9.23. The smallest absolute Gasteiger partial charge is 0.200 e.